The molecule has 11 aromatic rings. The zero-order valence-corrected chi connectivity index (χ0v) is 34.5. The van der Waals surface area contributed by atoms with Crippen LogP contribution < -0.4 is 4.74 Å². The molecule has 1 aliphatic heterocycles. The van der Waals surface area contributed by atoms with Gasteiger partial charge in [0.15, 0.2) is 0 Å². The third kappa shape index (κ3) is 4.05. The van der Waals surface area contributed by atoms with Crippen LogP contribution in [0.1, 0.15) is 44.5 Å². The fourth-order valence-corrected chi connectivity index (χ4v) is 12.4. The molecule has 0 N–H and O–H groups in total. The third-order valence-electron chi connectivity index (χ3n) is 14.8. The van der Waals surface area contributed by atoms with Crippen LogP contribution in [0.25, 0.3) is 72.3 Å². The van der Waals surface area contributed by atoms with Gasteiger partial charge in [-0.05, 0) is 110 Å². The summed E-state index contributed by atoms with van der Waals surface area (Å²) in [7, 11) is 0. The molecule has 64 heavy (non-hydrogen) atoms. The zero-order chi connectivity index (χ0) is 41.7. The van der Waals surface area contributed by atoms with Crippen LogP contribution in [0.2, 0.25) is 0 Å². The average Bonchev–Trinajstić information content (AvgIpc) is 4.05. The second kappa shape index (κ2) is 12.2. The van der Waals surface area contributed by atoms with E-state index in [0.717, 1.165) is 62.0 Å². The van der Waals surface area contributed by atoms with Crippen LogP contribution in [0.3, 0.4) is 0 Å². The van der Waals surface area contributed by atoms with Crippen molar-refractivity contribution in [2.45, 2.75) is 10.8 Å². The van der Waals surface area contributed by atoms with E-state index in [9.17, 15) is 0 Å². The molecule has 1 atom stereocenters. The van der Waals surface area contributed by atoms with Crippen molar-refractivity contribution in [2.75, 3.05) is 0 Å². The van der Waals surface area contributed by atoms with Crippen molar-refractivity contribution < 1.29 is 4.74 Å². The van der Waals surface area contributed by atoms with Crippen LogP contribution in [0.4, 0.5) is 0 Å². The van der Waals surface area contributed by atoms with E-state index in [-0.39, 0.29) is 0 Å². The van der Waals surface area contributed by atoms with Crippen molar-refractivity contribution in [3.05, 3.63) is 257 Å². The van der Waals surface area contributed by atoms with Gasteiger partial charge in [-0.3, -0.25) is 9.97 Å². The Kier molecular flexibility index (Phi) is 6.52. The van der Waals surface area contributed by atoms with Gasteiger partial charge < -0.3 is 9.30 Å². The van der Waals surface area contributed by atoms with Gasteiger partial charge in [0.2, 0.25) is 0 Å². The summed E-state index contributed by atoms with van der Waals surface area (Å²) in [6.07, 6.45) is 3.93. The Bertz CT molecular complexity index is 3760. The number of rotatable bonds is 2. The minimum atomic E-state index is -0.762. The molecule has 4 heterocycles. The molecule has 4 nitrogen and oxygen atoms in total. The van der Waals surface area contributed by atoms with E-state index >= 15 is 0 Å². The predicted molar refractivity (Wildman–Crippen MR) is 255 cm³/mol. The summed E-state index contributed by atoms with van der Waals surface area (Å²) in [5.41, 5.74) is 20.8. The maximum absolute atomic E-state index is 7.20. The van der Waals surface area contributed by atoms with Crippen molar-refractivity contribution >= 4 is 21.8 Å². The lowest BCUT2D eigenvalue weighted by atomic mass is 9.65. The molecule has 2 spiro atoms. The van der Waals surface area contributed by atoms with Crippen molar-refractivity contribution in [1.29, 1.82) is 0 Å². The van der Waals surface area contributed by atoms with E-state index in [4.69, 9.17) is 14.7 Å². The highest BCUT2D eigenvalue weighted by Gasteiger charge is 2.56. The Morgan fingerprint density at radius 2 is 0.938 bits per heavy atom. The highest BCUT2D eigenvalue weighted by Crippen LogP contribution is 2.67. The van der Waals surface area contributed by atoms with Crippen molar-refractivity contribution in [2.24, 2.45) is 0 Å². The molecule has 8 aromatic carbocycles. The highest BCUT2D eigenvalue weighted by molar-refractivity contribution is 6.09. The quantitative estimate of drug-likeness (QED) is 0.175. The fourth-order valence-electron chi connectivity index (χ4n) is 12.4. The normalized spacial score (nSPS) is 16.1. The van der Waals surface area contributed by atoms with E-state index in [2.05, 4.69) is 205 Å². The van der Waals surface area contributed by atoms with Gasteiger partial charge in [0, 0.05) is 51.1 Å². The second-order valence-electron chi connectivity index (χ2n) is 17.6. The first-order valence-electron chi connectivity index (χ1n) is 22.1. The first kappa shape index (κ1) is 34.3. The summed E-state index contributed by atoms with van der Waals surface area (Å²) >= 11 is 0. The Hall–Kier alpha value is -8.34. The second-order valence-corrected chi connectivity index (χ2v) is 17.6. The average molecular weight is 814 g/mol. The van der Waals surface area contributed by atoms with Gasteiger partial charge in [0.1, 0.15) is 11.5 Å². The van der Waals surface area contributed by atoms with Gasteiger partial charge in [-0.25, -0.2) is 0 Å². The molecule has 1 unspecified atom stereocenters. The molecule has 0 saturated heterocycles. The molecular formula is C60H35N3O. The highest BCUT2D eigenvalue weighted by atomic mass is 16.5. The summed E-state index contributed by atoms with van der Waals surface area (Å²) in [4.78, 5) is 10.5. The van der Waals surface area contributed by atoms with Crippen LogP contribution in [0, 0.1) is 0 Å². The van der Waals surface area contributed by atoms with Gasteiger partial charge >= 0.3 is 0 Å². The lowest BCUT2D eigenvalue weighted by Gasteiger charge is -2.40. The van der Waals surface area contributed by atoms with Crippen LogP contribution in [-0.4, -0.2) is 14.5 Å². The van der Waals surface area contributed by atoms with Crippen LogP contribution in [0.15, 0.2) is 213 Å². The predicted octanol–water partition coefficient (Wildman–Crippen LogP) is 14.1. The first-order valence-corrected chi connectivity index (χ1v) is 22.1. The smallest absolute Gasteiger partial charge is 0.132 e. The Morgan fingerprint density at radius 1 is 0.359 bits per heavy atom. The number of ether oxygens (including phenoxy) is 1. The fraction of sp³-hybridized carbons (Fsp3) is 0.0333. The number of fused-ring (bicyclic) bond motifs is 22. The van der Waals surface area contributed by atoms with E-state index in [1.807, 2.05) is 12.4 Å². The molecule has 4 aliphatic rings. The van der Waals surface area contributed by atoms with Crippen molar-refractivity contribution in [3.8, 4) is 62.0 Å². The summed E-state index contributed by atoms with van der Waals surface area (Å²) < 4.78 is 9.58. The molecule has 0 bridgehead atoms. The number of aromatic nitrogens is 3. The summed E-state index contributed by atoms with van der Waals surface area (Å²) in [5, 5.41) is 2.49. The molecule has 0 saturated carbocycles. The topological polar surface area (TPSA) is 39.9 Å². The molecular weight excluding hydrogens is 779 g/mol. The molecule has 3 aromatic heterocycles. The van der Waals surface area contributed by atoms with Gasteiger partial charge in [0.05, 0.1) is 33.3 Å². The largest absolute Gasteiger partial charge is 0.457 e. The summed E-state index contributed by atoms with van der Waals surface area (Å²) in [5.74, 6) is 1.70. The van der Waals surface area contributed by atoms with Crippen LogP contribution >= 0.6 is 0 Å². The lowest BCUT2D eigenvalue weighted by Crippen LogP contribution is -2.33. The first-order chi connectivity index (χ1) is 31.7. The van der Waals surface area contributed by atoms with Crippen molar-refractivity contribution in [3.63, 3.8) is 0 Å². The van der Waals surface area contributed by atoms with Gasteiger partial charge in [0.25, 0.3) is 0 Å². The molecule has 296 valence electrons. The minimum Gasteiger partial charge on any atom is -0.457 e. The number of nitrogens with zero attached hydrogens (tertiary/aromatic N) is 3. The van der Waals surface area contributed by atoms with E-state index in [1.54, 1.807) is 0 Å². The molecule has 15 rings (SSSR count). The molecule has 3 aliphatic carbocycles. The SMILES string of the molecule is c1cc(-c2cnc3c(c2)C2(c4ccccc4Oc4cc5c(cc42)-c2ccccc2C52c4ccccc4-c4ccccc42)c2cccnc2-3)cc(-n2c3ccccc3c3ccccc32)c1. The minimum absolute atomic E-state index is 0.495. The van der Waals surface area contributed by atoms with Crippen molar-refractivity contribution in [1.82, 2.24) is 14.5 Å². The number of hydrogen-bond donors (Lipinski definition) is 0. The number of benzene rings is 8. The number of hydrogen-bond acceptors (Lipinski definition) is 3. The maximum Gasteiger partial charge on any atom is 0.132 e. The number of pyridine rings is 2. The summed E-state index contributed by atoms with van der Waals surface area (Å²) in [6.45, 7) is 0. The zero-order valence-electron chi connectivity index (χ0n) is 34.5. The molecule has 0 amide bonds. The molecule has 0 radical (unpaired) electrons. The van der Waals surface area contributed by atoms with Crippen LogP contribution in [0.5, 0.6) is 11.5 Å². The maximum atomic E-state index is 7.20. The van der Waals surface area contributed by atoms with E-state index in [0.29, 0.717) is 0 Å². The van der Waals surface area contributed by atoms with Gasteiger partial charge in [-0.2, -0.15) is 0 Å². The lowest BCUT2D eigenvalue weighted by molar-refractivity contribution is 0.435. The van der Waals surface area contributed by atoms with Crippen LogP contribution in [-0.2, 0) is 10.8 Å². The Balaban J connectivity index is 0.999. The Labute approximate surface area is 369 Å². The third-order valence-corrected chi connectivity index (χ3v) is 14.8. The number of para-hydroxylation sites is 3. The Morgan fingerprint density at radius 3 is 1.66 bits per heavy atom. The molecule has 4 heteroatoms. The molecule has 0 fully saturated rings. The van der Waals surface area contributed by atoms with Gasteiger partial charge in [-0.1, -0.05) is 146 Å². The van der Waals surface area contributed by atoms with E-state index in [1.165, 1.54) is 66.3 Å². The monoisotopic (exact) mass is 813 g/mol. The standard InChI is InChI=1S/C60H35N3O/c1-6-22-45-39(17-1)40-18-2-7-23-46(40)59(45)47-24-8-3-19-41(47)44-33-51-56(34-50(44)59)64-55-29-12-9-25-48(55)60(51)49-26-14-30-61-57(49)58-52(60)32-37(35-62-58)36-15-13-16-38(31-36)63-53-27-10-4-20-42(53)43-21-5-11-28-54(43)63/h1-35H. The summed E-state index contributed by atoms with van der Waals surface area (Å²) in [6, 6.07) is 73.4. The van der Waals surface area contributed by atoms with Gasteiger partial charge in [-0.15, -0.1) is 0 Å². The van der Waals surface area contributed by atoms with E-state index < -0.39 is 10.8 Å².